The van der Waals surface area contributed by atoms with Crippen LogP contribution in [0.25, 0.3) is 21.5 Å². The number of urea groups is 1. The van der Waals surface area contributed by atoms with Gasteiger partial charge in [-0.15, -0.1) is 0 Å². The number of amides is 6. The molecule has 0 saturated heterocycles. The smallest absolute Gasteiger partial charge is 0.744 e. The van der Waals surface area contributed by atoms with E-state index in [4.69, 9.17) is 0 Å². The van der Waals surface area contributed by atoms with Gasteiger partial charge in [-0.3, -0.25) is 19.2 Å². The van der Waals surface area contributed by atoms with Gasteiger partial charge in [-0.25, -0.2) is 55.3 Å². The largest absolute Gasteiger partial charge is 1.00 e. The van der Waals surface area contributed by atoms with Crippen molar-refractivity contribution in [3.05, 3.63) is 167 Å². The number of carbonyl (C=O) groups excluding carboxylic acids is 5. The average molecular weight is 1310 g/mol. The van der Waals surface area contributed by atoms with Crippen molar-refractivity contribution in [2.75, 3.05) is 31.9 Å². The van der Waals surface area contributed by atoms with Gasteiger partial charge in [0.2, 0.25) is 0 Å². The Kier molecular flexibility index (Phi) is 18.8. The Labute approximate surface area is 515 Å². The number of carbonyl (C=O) groups is 5. The first-order valence-corrected chi connectivity index (χ1v) is 31.9. The zero-order chi connectivity index (χ0) is 63.4. The van der Waals surface area contributed by atoms with E-state index in [1.165, 1.54) is 98.8 Å². The van der Waals surface area contributed by atoms with Crippen molar-refractivity contribution in [3.8, 4) is 0 Å². The third-order valence-electron chi connectivity index (χ3n) is 12.4. The molecule has 8 aromatic carbocycles. The Hall–Kier alpha value is -8.11. The monoisotopic (exact) mass is 1310 g/mol. The molecular formula is C51H34N6NaO23S6-5. The minimum Gasteiger partial charge on any atom is -0.744 e. The molecule has 0 aliphatic heterocycles. The Balaban J connectivity index is 0.0000108. The molecule has 0 aliphatic rings. The zero-order valence-corrected chi connectivity index (χ0v) is 50.9. The first-order chi connectivity index (χ1) is 39.8. The van der Waals surface area contributed by atoms with Crippen molar-refractivity contribution in [1.29, 1.82) is 0 Å². The zero-order valence-electron chi connectivity index (χ0n) is 44.0. The van der Waals surface area contributed by atoms with Gasteiger partial charge in [-0.2, -0.15) is 0 Å². The molecule has 0 atom stereocenters. The van der Waals surface area contributed by atoms with Crippen molar-refractivity contribution in [3.63, 3.8) is 0 Å². The molecule has 0 spiro atoms. The minimum absolute atomic E-state index is 0. The molecule has 6 N–H and O–H groups in total. The van der Waals surface area contributed by atoms with Crippen LogP contribution in [0, 0.1) is 13.8 Å². The summed E-state index contributed by atoms with van der Waals surface area (Å²) in [6.45, 7) is 3.07. The summed E-state index contributed by atoms with van der Waals surface area (Å²) >= 11 is 0. The van der Waals surface area contributed by atoms with E-state index in [1.54, 1.807) is 0 Å². The minimum atomic E-state index is -5.75. The van der Waals surface area contributed by atoms with Crippen molar-refractivity contribution >= 4 is 146 Å². The molecule has 0 fully saturated rings. The molecule has 87 heavy (non-hydrogen) atoms. The van der Waals surface area contributed by atoms with E-state index in [-0.39, 0.29) is 86.7 Å². The van der Waals surface area contributed by atoms with Crippen LogP contribution in [0.4, 0.5) is 38.9 Å². The van der Waals surface area contributed by atoms with Crippen LogP contribution < -0.4 is 61.5 Å². The second-order valence-electron chi connectivity index (χ2n) is 18.3. The Morgan fingerprint density at radius 3 is 0.943 bits per heavy atom. The molecule has 0 saturated carbocycles. The maximum atomic E-state index is 13.6. The average Bonchev–Trinajstić information content (AvgIpc) is 0.808. The van der Waals surface area contributed by atoms with Crippen LogP contribution in [0.5, 0.6) is 0 Å². The molecular weight excluding hydrogens is 1280 g/mol. The summed E-state index contributed by atoms with van der Waals surface area (Å²) < 4.78 is 218. The second kappa shape index (κ2) is 24.6. The molecule has 0 aromatic heterocycles. The summed E-state index contributed by atoms with van der Waals surface area (Å²) in [6.07, 6.45) is 0. The van der Waals surface area contributed by atoms with Gasteiger partial charge in [-0.05, 0) is 134 Å². The van der Waals surface area contributed by atoms with Gasteiger partial charge >= 0.3 is 35.6 Å². The summed E-state index contributed by atoms with van der Waals surface area (Å²) in [6, 6.07) is 21.2. The van der Waals surface area contributed by atoms with Gasteiger partial charge in [0.1, 0.15) is 60.7 Å². The van der Waals surface area contributed by atoms with E-state index >= 15 is 0 Å². The fourth-order valence-electron chi connectivity index (χ4n) is 8.46. The summed E-state index contributed by atoms with van der Waals surface area (Å²) in [4.78, 5) is 59.6. The van der Waals surface area contributed by atoms with Crippen LogP contribution in [0.1, 0.15) is 52.6 Å². The number of nitrogens with one attached hydrogen (secondary N) is 6. The molecule has 0 heterocycles. The molecule has 0 bridgehead atoms. The molecule has 6 amide bonds. The van der Waals surface area contributed by atoms with Gasteiger partial charge in [0.25, 0.3) is 23.6 Å². The van der Waals surface area contributed by atoms with Gasteiger partial charge in [-0.1, -0.05) is 24.3 Å². The molecule has 29 nitrogen and oxygen atoms in total. The molecule has 8 rings (SSSR count). The third kappa shape index (κ3) is 15.2. The number of rotatable bonds is 16. The fraction of sp³-hybridized carbons (Fsp3) is 0.0392. The van der Waals surface area contributed by atoms with E-state index in [1.807, 2.05) is 0 Å². The molecule has 8 aromatic rings. The number of hydrogen-bond donors (Lipinski definition) is 6. The molecule has 0 radical (unpaired) electrons. The fourth-order valence-corrected chi connectivity index (χ4v) is 12.5. The van der Waals surface area contributed by atoms with Gasteiger partial charge in [0.05, 0.1) is 40.7 Å². The Bertz CT molecular complexity index is 4720. The maximum Gasteiger partial charge on any atom is 1.00 e. The Morgan fingerprint density at radius 1 is 0.322 bits per heavy atom. The maximum absolute atomic E-state index is 13.6. The Morgan fingerprint density at radius 2 is 0.632 bits per heavy atom. The number of benzene rings is 8. The first kappa shape index (κ1) is 66.4. The topological polar surface area (TPSA) is 501 Å². The molecule has 0 unspecified atom stereocenters. The van der Waals surface area contributed by atoms with E-state index in [0.717, 1.165) is 12.1 Å². The van der Waals surface area contributed by atoms with Crippen molar-refractivity contribution in [2.45, 2.75) is 43.2 Å². The van der Waals surface area contributed by atoms with Crippen LogP contribution in [0.3, 0.4) is 0 Å². The first-order valence-electron chi connectivity index (χ1n) is 23.5. The third-order valence-corrected chi connectivity index (χ3v) is 17.6. The molecule has 0 aliphatic carbocycles. The van der Waals surface area contributed by atoms with E-state index in [9.17, 15) is 102 Å². The quantitative estimate of drug-likeness (QED) is 0.0592. The van der Waals surface area contributed by atoms with Crippen LogP contribution in [-0.2, 0) is 60.7 Å². The van der Waals surface area contributed by atoms with E-state index in [0.29, 0.717) is 35.4 Å². The molecule has 448 valence electrons. The van der Waals surface area contributed by atoms with Crippen LogP contribution >= 0.6 is 0 Å². The summed E-state index contributed by atoms with van der Waals surface area (Å²) in [7, 11) is -33.7. The van der Waals surface area contributed by atoms with Crippen molar-refractivity contribution in [2.24, 2.45) is 0 Å². The van der Waals surface area contributed by atoms with Crippen molar-refractivity contribution in [1.82, 2.24) is 0 Å². The van der Waals surface area contributed by atoms with Gasteiger partial charge in [0, 0.05) is 66.5 Å². The van der Waals surface area contributed by atoms with Crippen LogP contribution in [-0.4, -0.2) is 107 Å². The summed E-state index contributed by atoms with van der Waals surface area (Å²) in [5, 5.41) is 11.0. The predicted molar refractivity (Wildman–Crippen MR) is 295 cm³/mol. The van der Waals surface area contributed by atoms with E-state index < -0.39 is 153 Å². The van der Waals surface area contributed by atoms with Crippen LogP contribution in [0.15, 0.2) is 163 Å². The van der Waals surface area contributed by atoms with Gasteiger partial charge in [0.15, 0.2) is 0 Å². The van der Waals surface area contributed by atoms with E-state index in [2.05, 4.69) is 31.9 Å². The molecule has 36 heteroatoms. The standard InChI is InChI=1S/C51H40N6O23S6.Na/c1-25-9-11-29(49(60)54-37-13-15-41(83(69,70)71)35-21-33(81(63,64)65)23-43(45(35)37)85(75,76)77)19-39(25)56-47(58)27-5-3-7-31(17-27)52-51(62)53-32-8-4-6-28(18-32)48(59)57-40-20-30(12-10-26(40)2)50(61)55-38-14-16-42(84(72,73)74)36-22-34(82(66,67)68)24-44(46(36)38)86(78,79)80;/h3-24H,1-2H3,(H,54,60)(H,55,61)(H,56,58)(H,57,59)(H2,52,53,62)(H,63,64,65)(H,66,67,68)(H,69,70,71)(H,72,73,74)(H,75,76,77)(H,78,79,80);/q;+1/p-6. The number of anilines is 6. The predicted octanol–water partition coefficient (Wildman–Crippen LogP) is 1.69. The van der Waals surface area contributed by atoms with Crippen LogP contribution in [0.2, 0.25) is 0 Å². The van der Waals surface area contributed by atoms with Gasteiger partial charge < -0.3 is 59.2 Å². The number of aryl methyl sites for hydroxylation is 2. The van der Waals surface area contributed by atoms with Crippen molar-refractivity contribution < 1.29 is 131 Å². The summed E-state index contributed by atoms with van der Waals surface area (Å²) in [5.74, 6) is -3.71. The summed E-state index contributed by atoms with van der Waals surface area (Å²) in [5.41, 5.74) is -0.846. The SMILES string of the molecule is Cc1ccc(C(=O)Nc2ccc(S(=O)(=O)[O-])c3cc(S(=O)(=O)[O-])cc(S(=O)(=O)[O-])c23)cc1NC(=O)c1cccc(NC(=O)Nc2cccc(C(=O)Nc3cc(C(=O)Nc4ccc(S(=O)(=O)[O-])c5cc(S(=O)(=O)[O-])cc(S(=O)(=O)[O-])c45)ccc3C)c2)c1.[Na+]. The second-order valence-corrected chi connectivity index (χ2v) is 26.4. The number of fused-ring (bicyclic) bond motifs is 2. The normalized spacial score (nSPS) is 12.1. The number of hydrogen-bond acceptors (Lipinski definition) is 23.